The van der Waals surface area contributed by atoms with Crippen molar-refractivity contribution in [3.05, 3.63) is 35.4 Å². The maximum Gasteiger partial charge on any atom is -0.0159 e. The van der Waals surface area contributed by atoms with Gasteiger partial charge in [0, 0.05) is 0 Å². The highest BCUT2D eigenvalue weighted by Gasteiger charge is 2.14. The molecule has 0 aromatic heterocycles. The molecule has 0 aliphatic carbocycles. The van der Waals surface area contributed by atoms with Gasteiger partial charge in [-0.25, -0.2) is 0 Å². The summed E-state index contributed by atoms with van der Waals surface area (Å²) in [5.41, 5.74) is 3.33. The fraction of sp³-hybridized carbons (Fsp3) is 0.760. The Morgan fingerprint density at radius 1 is 0.600 bits per heavy atom. The van der Waals surface area contributed by atoms with Crippen molar-refractivity contribution in [1.29, 1.82) is 0 Å². The van der Waals surface area contributed by atoms with Gasteiger partial charge < -0.3 is 0 Å². The van der Waals surface area contributed by atoms with Crippen molar-refractivity contribution in [2.24, 2.45) is 0 Å². The summed E-state index contributed by atoms with van der Waals surface area (Å²) in [5.74, 6) is 0.802. The van der Waals surface area contributed by atoms with Crippen LogP contribution in [0.25, 0.3) is 0 Å². The molecule has 1 aromatic carbocycles. The van der Waals surface area contributed by atoms with E-state index < -0.39 is 0 Å². The summed E-state index contributed by atoms with van der Waals surface area (Å²) in [5, 5.41) is 0. The lowest BCUT2D eigenvalue weighted by atomic mass is 9.84. The maximum absolute atomic E-state index is 2.44. The number of hydrogen-bond donors (Lipinski definition) is 0. The summed E-state index contributed by atoms with van der Waals surface area (Å²) in [6, 6.07) is 9.38. The van der Waals surface area contributed by atoms with E-state index in [9.17, 15) is 0 Å². The van der Waals surface area contributed by atoms with Gasteiger partial charge in [-0.1, -0.05) is 116 Å². The first-order chi connectivity index (χ1) is 12.3. The zero-order valence-corrected chi connectivity index (χ0v) is 17.5. The number of unbranched alkanes of at least 4 members (excludes halogenated alkanes) is 9. The molecule has 0 bridgehead atoms. The largest absolute Gasteiger partial charge is 0.0654 e. The third kappa shape index (κ3) is 10.1. The minimum atomic E-state index is 0.802. The minimum absolute atomic E-state index is 0.802. The molecular weight excluding hydrogens is 300 g/mol. The fourth-order valence-electron chi connectivity index (χ4n) is 3.99. The lowest BCUT2D eigenvalue weighted by Gasteiger charge is -2.21. The topological polar surface area (TPSA) is 0 Å². The van der Waals surface area contributed by atoms with Crippen LogP contribution in [0.2, 0.25) is 0 Å². The van der Waals surface area contributed by atoms with Crippen molar-refractivity contribution in [3.8, 4) is 0 Å². The van der Waals surface area contributed by atoms with E-state index in [2.05, 4.69) is 45.0 Å². The quantitative estimate of drug-likeness (QED) is 0.263. The van der Waals surface area contributed by atoms with Crippen molar-refractivity contribution in [3.63, 3.8) is 0 Å². The van der Waals surface area contributed by atoms with Gasteiger partial charge in [0.25, 0.3) is 0 Å². The first kappa shape index (κ1) is 22.3. The van der Waals surface area contributed by atoms with E-state index in [1.165, 1.54) is 96.3 Å². The highest BCUT2D eigenvalue weighted by molar-refractivity contribution is 5.30. The van der Waals surface area contributed by atoms with Crippen molar-refractivity contribution in [1.82, 2.24) is 0 Å². The Morgan fingerprint density at radius 2 is 1.12 bits per heavy atom. The van der Waals surface area contributed by atoms with Gasteiger partial charge in [0.15, 0.2) is 0 Å². The molecule has 0 amide bonds. The van der Waals surface area contributed by atoms with Crippen molar-refractivity contribution < 1.29 is 0 Å². The van der Waals surface area contributed by atoms with Crippen LogP contribution in [0, 0.1) is 0 Å². The van der Waals surface area contributed by atoms with Gasteiger partial charge in [0.2, 0.25) is 0 Å². The third-order valence-corrected chi connectivity index (χ3v) is 5.61. The molecule has 0 spiro atoms. The van der Waals surface area contributed by atoms with E-state index in [0.29, 0.717) is 0 Å². The second-order valence-electron chi connectivity index (χ2n) is 7.91. The molecule has 0 radical (unpaired) electrons. The average molecular weight is 345 g/mol. The zero-order chi connectivity index (χ0) is 18.2. The molecule has 0 heteroatoms. The molecule has 0 aliphatic heterocycles. The Kier molecular flexibility index (Phi) is 13.8. The van der Waals surface area contributed by atoms with Gasteiger partial charge in [0.05, 0.1) is 0 Å². The predicted molar refractivity (Wildman–Crippen MR) is 115 cm³/mol. The molecule has 1 rings (SSSR count). The van der Waals surface area contributed by atoms with Crippen LogP contribution in [0.4, 0.5) is 0 Å². The molecule has 144 valence electrons. The Morgan fingerprint density at radius 3 is 1.68 bits per heavy atom. The van der Waals surface area contributed by atoms with Gasteiger partial charge in [-0.05, 0) is 42.7 Å². The monoisotopic (exact) mass is 344 g/mol. The molecular formula is C25H44. The number of benzene rings is 1. The van der Waals surface area contributed by atoms with Crippen LogP contribution in [0.1, 0.15) is 128 Å². The summed E-state index contributed by atoms with van der Waals surface area (Å²) in [7, 11) is 0. The van der Waals surface area contributed by atoms with Gasteiger partial charge in [-0.3, -0.25) is 0 Å². The van der Waals surface area contributed by atoms with Crippen LogP contribution in [-0.4, -0.2) is 0 Å². The highest BCUT2D eigenvalue weighted by Crippen LogP contribution is 2.31. The SMILES string of the molecule is CCCCCCc1ccccc1C(CCCCCC)CCCCCC. The lowest BCUT2D eigenvalue weighted by molar-refractivity contribution is 0.493. The minimum Gasteiger partial charge on any atom is -0.0654 e. The fourth-order valence-corrected chi connectivity index (χ4v) is 3.99. The van der Waals surface area contributed by atoms with E-state index in [4.69, 9.17) is 0 Å². The molecule has 0 unspecified atom stereocenters. The van der Waals surface area contributed by atoms with E-state index in [1.54, 1.807) is 11.1 Å². The Balaban J connectivity index is 2.66. The molecule has 0 atom stereocenters. The first-order valence-electron chi connectivity index (χ1n) is 11.4. The third-order valence-electron chi connectivity index (χ3n) is 5.61. The second-order valence-corrected chi connectivity index (χ2v) is 7.91. The van der Waals surface area contributed by atoms with E-state index in [0.717, 1.165) is 5.92 Å². The van der Waals surface area contributed by atoms with E-state index in [-0.39, 0.29) is 0 Å². The lowest BCUT2D eigenvalue weighted by Crippen LogP contribution is -2.04. The molecule has 0 heterocycles. The summed E-state index contributed by atoms with van der Waals surface area (Å²) in [4.78, 5) is 0. The van der Waals surface area contributed by atoms with Crippen LogP contribution in [0.5, 0.6) is 0 Å². The maximum atomic E-state index is 2.44. The summed E-state index contributed by atoms with van der Waals surface area (Å²) in [6.45, 7) is 6.93. The Hall–Kier alpha value is -0.780. The zero-order valence-electron chi connectivity index (χ0n) is 17.5. The first-order valence-corrected chi connectivity index (χ1v) is 11.4. The number of rotatable bonds is 16. The van der Waals surface area contributed by atoms with Crippen molar-refractivity contribution in [2.75, 3.05) is 0 Å². The molecule has 1 aromatic rings. The molecule has 0 saturated heterocycles. The Labute approximate surface area is 158 Å². The smallest absolute Gasteiger partial charge is 0.0159 e. The molecule has 25 heavy (non-hydrogen) atoms. The summed E-state index contributed by atoms with van der Waals surface area (Å²) in [6.07, 6.45) is 20.7. The van der Waals surface area contributed by atoms with Gasteiger partial charge in [-0.2, -0.15) is 0 Å². The van der Waals surface area contributed by atoms with Crippen LogP contribution in [0.3, 0.4) is 0 Å². The summed E-state index contributed by atoms with van der Waals surface area (Å²) >= 11 is 0. The van der Waals surface area contributed by atoms with Crippen LogP contribution >= 0.6 is 0 Å². The molecule has 0 fully saturated rings. The van der Waals surface area contributed by atoms with E-state index in [1.807, 2.05) is 0 Å². The highest BCUT2D eigenvalue weighted by atomic mass is 14.2. The van der Waals surface area contributed by atoms with Gasteiger partial charge >= 0.3 is 0 Å². The molecule has 0 nitrogen and oxygen atoms in total. The molecule has 0 N–H and O–H groups in total. The standard InChI is InChI=1S/C25H44/c1-4-7-10-13-18-23(19-14-11-8-5-2)25-22-17-16-21-24(25)20-15-12-9-6-3/h16-17,21-23H,4-15,18-20H2,1-3H3. The average Bonchev–Trinajstić information content (AvgIpc) is 2.64. The molecule has 0 aliphatic rings. The van der Waals surface area contributed by atoms with Gasteiger partial charge in [0.1, 0.15) is 0 Å². The van der Waals surface area contributed by atoms with Crippen LogP contribution in [-0.2, 0) is 6.42 Å². The Bertz CT molecular complexity index is 394. The van der Waals surface area contributed by atoms with Crippen molar-refractivity contribution >= 4 is 0 Å². The predicted octanol–water partition coefficient (Wildman–Crippen LogP) is 8.83. The summed E-state index contributed by atoms with van der Waals surface area (Å²) < 4.78 is 0. The number of aryl methyl sites for hydroxylation is 1. The van der Waals surface area contributed by atoms with Crippen LogP contribution in [0.15, 0.2) is 24.3 Å². The number of hydrogen-bond acceptors (Lipinski definition) is 0. The van der Waals surface area contributed by atoms with Crippen molar-refractivity contribution in [2.45, 2.75) is 123 Å². The van der Waals surface area contributed by atoms with Gasteiger partial charge in [-0.15, -0.1) is 0 Å². The second kappa shape index (κ2) is 15.5. The van der Waals surface area contributed by atoms with Crippen LogP contribution < -0.4 is 0 Å². The molecule has 0 saturated carbocycles. The normalized spacial score (nSPS) is 11.4. The van der Waals surface area contributed by atoms with E-state index >= 15 is 0 Å².